The number of hydrogen-bond donors (Lipinski definition) is 3. The van der Waals surface area contributed by atoms with Gasteiger partial charge in [0.15, 0.2) is 5.75 Å². The Hall–Kier alpha value is -3.20. The maximum Gasteiger partial charge on any atom is 0.271 e. The highest BCUT2D eigenvalue weighted by Gasteiger charge is 2.42. The molecule has 3 aromatic carbocycles. The molecule has 6 nitrogen and oxygen atoms in total. The van der Waals surface area contributed by atoms with Gasteiger partial charge in [-0.15, -0.1) is 11.3 Å². The van der Waals surface area contributed by atoms with E-state index in [4.69, 9.17) is 27.9 Å². The topological polar surface area (TPSA) is 87.7 Å². The number of carbonyl (C=O) groups is 2. The van der Waals surface area contributed by atoms with Crippen LogP contribution in [0.2, 0.25) is 10.0 Å². The first-order valence-corrected chi connectivity index (χ1v) is 15.0. The van der Waals surface area contributed by atoms with Crippen LogP contribution in [0.4, 0.5) is 0 Å². The molecule has 3 N–H and O–H groups in total. The Morgan fingerprint density at radius 1 is 0.951 bits per heavy atom. The van der Waals surface area contributed by atoms with Crippen molar-refractivity contribution in [1.29, 1.82) is 0 Å². The van der Waals surface area contributed by atoms with E-state index in [-0.39, 0.29) is 24.0 Å². The van der Waals surface area contributed by atoms with E-state index in [0.717, 1.165) is 21.6 Å². The second-order valence-electron chi connectivity index (χ2n) is 9.86. The highest BCUT2D eigenvalue weighted by Crippen LogP contribution is 2.50. The van der Waals surface area contributed by atoms with Gasteiger partial charge in [0.1, 0.15) is 4.88 Å². The third-order valence-electron chi connectivity index (χ3n) is 7.32. The van der Waals surface area contributed by atoms with Gasteiger partial charge in [-0.1, -0.05) is 83.9 Å². The fourth-order valence-electron chi connectivity index (χ4n) is 5.19. The summed E-state index contributed by atoms with van der Waals surface area (Å²) in [7, 11) is 0. The normalized spacial score (nSPS) is 14.4. The number of aliphatic hydroxyl groups excluding tert-OH is 1. The molecule has 0 atom stereocenters. The van der Waals surface area contributed by atoms with Crippen LogP contribution >= 0.6 is 34.5 Å². The minimum atomic E-state index is -0.831. The minimum Gasteiger partial charge on any atom is -0.491 e. The molecule has 2 heterocycles. The zero-order chi connectivity index (χ0) is 28.8. The second kappa shape index (κ2) is 13.2. The number of halogens is 2. The molecule has 1 aromatic heterocycles. The van der Waals surface area contributed by atoms with Crippen LogP contribution in [0.1, 0.15) is 34.5 Å². The van der Waals surface area contributed by atoms with Crippen molar-refractivity contribution in [2.24, 2.45) is 0 Å². The summed E-state index contributed by atoms with van der Waals surface area (Å²) in [6.45, 7) is 1.46. The Bertz CT molecular complexity index is 1520. The van der Waals surface area contributed by atoms with Gasteiger partial charge in [-0.2, -0.15) is 0 Å². The van der Waals surface area contributed by atoms with Crippen LogP contribution in [0.25, 0.3) is 21.6 Å². The van der Waals surface area contributed by atoms with Crippen LogP contribution in [0, 0.1) is 0 Å². The van der Waals surface area contributed by atoms with Crippen LogP contribution in [0.5, 0.6) is 5.75 Å². The minimum absolute atomic E-state index is 0.0641. The maximum absolute atomic E-state index is 14.0. The van der Waals surface area contributed by atoms with Crippen molar-refractivity contribution in [1.82, 2.24) is 10.6 Å². The van der Waals surface area contributed by atoms with E-state index in [1.807, 2.05) is 60.7 Å². The van der Waals surface area contributed by atoms with Gasteiger partial charge in [0, 0.05) is 39.1 Å². The monoisotopic (exact) mass is 608 g/mol. The van der Waals surface area contributed by atoms with Gasteiger partial charge < -0.3 is 15.2 Å². The van der Waals surface area contributed by atoms with Gasteiger partial charge in [0.2, 0.25) is 5.91 Å². The fourth-order valence-corrected chi connectivity index (χ4v) is 6.81. The van der Waals surface area contributed by atoms with Crippen molar-refractivity contribution in [2.45, 2.75) is 24.7 Å². The molecule has 4 aromatic rings. The Kier molecular flexibility index (Phi) is 9.42. The maximum atomic E-state index is 14.0. The van der Waals surface area contributed by atoms with E-state index in [0.29, 0.717) is 53.7 Å². The predicted octanol–water partition coefficient (Wildman–Crippen LogP) is 6.73. The summed E-state index contributed by atoms with van der Waals surface area (Å²) >= 11 is 14.0. The van der Waals surface area contributed by atoms with Crippen molar-refractivity contribution >= 4 is 46.4 Å². The molecule has 1 aliphatic heterocycles. The van der Waals surface area contributed by atoms with E-state index in [2.05, 4.69) is 10.6 Å². The van der Waals surface area contributed by atoms with Gasteiger partial charge >= 0.3 is 0 Å². The Balaban J connectivity index is 1.60. The molecule has 1 saturated heterocycles. The molecule has 2 amide bonds. The third-order valence-corrected chi connectivity index (χ3v) is 9.10. The lowest BCUT2D eigenvalue weighted by Gasteiger charge is -2.36. The van der Waals surface area contributed by atoms with Gasteiger partial charge in [0.05, 0.1) is 12.0 Å². The molecule has 0 spiro atoms. The van der Waals surface area contributed by atoms with Gasteiger partial charge in [-0.05, 0) is 55.3 Å². The summed E-state index contributed by atoms with van der Waals surface area (Å²) in [6.07, 6.45) is 1.52. The van der Waals surface area contributed by atoms with Crippen molar-refractivity contribution < 1.29 is 19.4 Å². The summed E-state index contributed by atoms with van der Waals surface area (Å²) in [6, 6.07) is 24.3. The molecule has 9 heteroatoms. The molecule has 1 aliphatic rings. The number of piperidine rings is 1. The van der Waals surface area contributed by atoms with Gasteiger partial charge in [0.25, 0.3) is 5.91 Å². The number of amides is 2. The number of carbonyl (C=O) groups excluding carboxylic acids is 2. The SMILES string of the molecule is O=C(NC(=O)C1(c2ccccc2)CCNCC1)c1sc(-c2ccccc2Cl)c(-c2ccc(Cl)cc2)c1OCCCO. The number of rotatable bonds is 9. The zero-order valence-corrected chi connectivity index (χ0v) is 24.6. The number of ether oxygens (including phenoxy) is 1. The predicted molar refractivity (Wildman–Crippen MR) is 165 cm³/mol. The highest BCUT2D eigenvalue weighted by molar-refractivity contribution is 7.18. The number of hydrogen-bond acceptors (Lipinski definition) is 6. The lowest BCUT2D eigenvalue weighted by atomic mass is 9.72. The number of thiophene rings is 1. The number of aliphatic hydroxyl groups is 1. The Labute approximate surface area is 253 Å². The molecule has 212 valence electrons. The largest absolute Gasteiger partial charge is 0.491 e. The quantitative estimate of drug-likeness (QED) is 0.145. The van der Waals surface area contributed by atoms with E-state index >= 15 is 0 Å². The highest BCUT2D eigenvalue weighted by atomic mass is 35.5. The number of imide groups is 1. The first kappa shape index (κ1) is 29.3. The van der Waals surface area contributed by atoms with Crippen molar-refractivity contribution in [3.63, 3.8) is 0 Å². The van der Waals surface area contributed by atoms with E-state index < -0.39 is 11.3 Å². The molecular formula is C32H30Cl2N2O4S. The molecule has 5 rings (SSSR count). The van der Waals surface area contributed by atoms with E-state index in [1.165, 1.54) is 11.3 Å². The first-order valence-electron chi connectivity index (χ1n) is 13.5. The average molecular weight is 610 g/mol. The van der Waals surface area contributed by atoms with Gasteiger partial charge in [-0.3, -0.25) is 14.9 Å². The van der Waals surface area contributed by atoms with E-state index in [1.54, 1.807) is 18.2 Å². The molecule has 0 aliphatic carbocycles. The summed E-state index contributed by atoms with van der Waals surface area (Å²) < 4.78 is 6.19. The Morgan fingerprint density at radius 3 is 2.32 bits per heavy atom. The van der Waals surface area contributed by atoms with Gasteiger partial charge in [-0.25, -0.2) is 0 Å². The first-order chi connectivity index (χ1) is 19.9. The summed E-state index contributed by atoms with van der Waals surface area (Å²) in [5.41, 5.74) is 2.25. The lowest BCUT2D eigenvalue weighted by molar-refractivity contribution is -0.126. The fraction of sp³-hybridized carbons (Fsp3) is 0.250. The summed E-state index contributed by atoms with van der Waals surface area (Å²) in [4.78, 5) is 28.9. The van der Waals surface area contributed by atoms with Crippen molar-refractivity contribution in [3.05, 3.63) is 99.3 Å². The molecule has 0 bridgehead atoms. The summed E-state index contributed by atoms with van der Waals surface area (Å²) in [5, 5.41) is 16.6. The third kappa shape index (κ3) is 6.20. The average Bonchev–Trinajstić information content (AvgIpc) is 3.38. The van der Waals surface area contributed by atoms with Crippen LogP contribution in [-0.2, 0) is 10.2 Å². The molecule has 41 heavy (non-hydrogen) atoms. The van der Waals surface area contributed by atoms with Crippen LogP contribution in [0.15, 0.2) is 78.9 Å². The number of nitrogens with one attached hydrogen (secondary N) is 2. The van der Waals surface area contributed by atoms with Crippen LogP contribution in [0.3, 0.4) is 0 Å². The molecule has 1 fully saturated rings. The van der Waals surface area contributed by atoms with E-state index in [9.17, 15) is 14.7 Å². The second-order valence-corrected chi connectivity index (χ2v) is 11.7. The number of benzene rings is 3. The summed E-state index contributed by atoms with van der Waals surface area (Å²) in [5.74, 6) is -0.538. The van der Waals surface area contributed by atoms with Crippen molar-refractivity contribution in [3.8, 4) is 27.3 Å². The standard InChI is InChI=1S/C32H30Cl2N2O4S/c33-23-13-11-21(12-14-23)26-27(40-20-6-19-37)29(41-28(26)24-9-4-5-10-25(24)34)30(38)36-31(39)32(15-17-35-18-16-32)22-7-2-1-3-8-22/h1-5,7-14,35,37H,6,15-20H2,(H,36,38,39). The molecule has 0 saturated carbocycles. The van der Waals surface area contributed by atoms with Crippen LogP contribution < -0.4 is 15.4 Å². The smallest absolute Gasteiger partial charge is 0.271 e. The lowest BCUT2D eigenvalue weighted by Crippen LogP contribution is -2.52. The van der Waals surface area contributed by atoms with Crippen molar-refractivity contribution in [2.75, 3.05) is 26.3 Å². The molecular weight excluding hydrogens is 579 g/mol. The van der Waals surface area contributed by atoms with Crippen LogP contribution in [-0.4, -0.2) is 43.2 Å². The molecule has 0 radical (unpaired) electrons. The Morgan fingerprint density at radius 2 is 1.63 bits per heavy atom. The zero-order valence-electron chi connectivity index (χ0n) is 22.3. The molecule has 0 unspecified atom stereocenters.